The monoisotopic (exact) mass is 334 g/mol. The maximum atomic E-state index is 12.3. The van der Waals surface area contributed by atoms with Crippen molar-refractivity contribution in [3.05, 3.63) is 6.33 Å². The molecular formula is C16H26N6O2. The highest BCUT2D eigenvalue weighted by molar-refractivity contribution is 6.04. The van der Waals surface area contributed by atoms with Crippen molar-refractivity contribution < 1.29 is 9.53 Å². The van der Waals surface area contributed by atoms with Crippen molar-refractivity contribution in [3.63, 3.8) is 0 Å². The molecule has 8 heteroatoms. The van der Waals surface area contributed by atoms with Gasteiger partial charge in [-0.3, -0.25) is 9.69 Å². The smallest absolute Gasteiger partial charge is 0.247 e. The van der Waals surface area contributed by atoms with Crippen molar-refractivity contribution in [2.45, 2.75) is 26.3 Å². The van der Waals surface area contributed by atoms with Crippen LogP contribution in [-0.2, 0) is 9.53 Å². The van der Waals surface area contributed by atoms with Crippen LogP contribution in [0.25, 0.3) is 0 Å². The molecule has 132 valence electrons. The van der Waals surface area contributed by atoms with Crippen LogP contribution in [0.5, 0.6) is 0 Å². The second-order valence-electron chi connectivity index (χ2n) is 6.64. The van der Waals surface area contributed by atoms with Crippen molar-refractivity contribution >= 4 is 23.2 Å². The number of fused-ring (bicyclic) bond motifs is 1. The molecule has 3 rings (SSSR count). The summed E-state index contributed by atoms with van der Waals surface area (Å²) in [5.41, 5.74) is 0.643. The normalized spacial score (nSPS) is 21.1. The Kier molecular flexibility index (Phi) is 5.47. The molecule has 1 atom stereocenters. The summed E-state index contributed by atoms with van der Waals surface area (Å²) in [4.78, 5) is 23.2. The first-order chi connectivity index (χ1) is 11.6. The van der Waals surface area contributed by atoms with E-state index in [4.69, 9.17) is 4.74 Å². The molecule has 2 aliphatic heterocycles. The number of hydrogen-bond acceptors (Lipinski definition) is 7. The van der Waals surface area contributed by atoms with Gasteiger partial charge >= 0.3 is 0 Å². The second-order valence-corrected chi connectivity index (χ2v) is 6.64. The number of hydrogen-bond donors (Lipinski definition) is 3. The Balaban J connectivity index is 1.61. The van der Waals surface area contributed by atoms with Gasteiger partial charge in [-0.25, -0.2) is 9.97 Å². The molecule has 1 aromatic rings. The zero-order valence-corrected chi connectivity index (χ0v) is 14.3. The minimum absolute atomic E-state index is 0.0257. The molecule has 0 saturated carbocycles. The molecule has 1 aromatic heterocycles. The van der Waals surface area contributed by atoms with Crippen LogP contribution in [-0.4, -0.2) is 66.2 Å². The fourth-order valence-corrected chi connectivity index (χ4v) is 2.98. The highest BCUT2D eigenvalue weighted by atomic mass is 16.5. The Labute approximate surface area is 142 Å². The second kappa shape index (κ2) is 7.76. The SMILES string of the molecule is CC(C)CC1Nc2ncnc(NCCN3CCOCC3)c2NC1=O. The summed E-state index contributed by atoms with van der Waals surface area (Å²) in [6.07, 6.45) is 2.29. The first kappa shape index (κ1) is 16.9. The number of carbonyl (C=O) groups is 1. The van der Waals surface area contributed by atoms with Crippen molar-refractivity contribution in [2.75, 3.05) is 55.3 Å². The van der Waals surface area contributed by atoms with E-state index in [1.807, 2.05) is 0 Å². The van der Waals surface area contributed by atoms with E-state index >= 15 is 0 Å². The average molecular weight is 334 g/mol. The van der Waals surface area contributed by atoms with Gasteiger partial charge in [-0.15, -0.1) is 0 Å². The molecule has 1 saturated heterocycles. The molecule has 1 unspecified atom stereocenters. The predicted molar refractivity (Wildman–Crippen MR) is 93.3 cm³/mol. The number of morpholine rings is 1. The van der Waals surface area contributed by atoms with Crippen LogP contribution in [0.15, 0.2) is 6.33 Å². The Morgan fingerprint density at radius 2 is 2.17 bits per heavy atom. The summed E-state index contributed by atoms with van der Waals surface area (Å²) >= 11 is 0. The Hall–Kier alpha value is -1.93. The molecule has 2 aliphatic rings. The van der Waals surface area contributed by atoms with Crippen LogP contribution in [0, 0.1) is 5.92 Å². The van der Waals surface area contributed by atoms with E-state index in [-0.39, 0.29) is 11.9 Å². The third-order valence-corrected chi connectivity index (χ3v) is 4.25. The van der Waals surface area contributed by atoms with Crippen molar-refractivity contribution in [2.24, 2.45) is 5.92 Å². The molecule has 8 nitrogen and oxygen atoms in total. The molecule has 0 bridgehead atoms. The number of nitrogens with one attached hydrogen (secondary N) is 3. The van der Waals surface area contributed by atoms with Gasteiger partial charge in [0.2, 0.25) is 5.91 Å². The number of anilines is 3. The summed E-state index contributed by atoms with van der Waals surface area (Å²) in [5, 5.41) is 9.49. The average Bonchev–Trinajstić information content (AvgIpc) is 2.57. The van der Waals surface area contributed by atoms with Crippen LogP contribution in [0.1, 0.15) is 20.3 Å². The number of rotatable bonds is 6. The molecule has 1 amide bonds. The number of amides is 1. The maximum Gasteiger partial charge on any atom is 0.247 e. The molecule has 0 spiro atoms. The fourth-order valence-electron chi connectivity index (χ4n) is 2.98. The lowest BCUT2D eigenvalue weighted by atomic mass is 10.0. The van der Waals surface area contributed by atoms with Crippen molar-refractivity contribution in [1.29, 1.82) is 0 Å². The summed E-state index contributed by atoms with van der Waals surface area (Å²) < 4.78 is 5.35. The molecule has 0 aliphatic carbocycles. The maximum absolute atomic E-state index is 12.3. The van der Waals surface area contributed by atoms with Crippen LogP contribution in [0.4, 0.5) is 17.3 Å². The zero-order valence-electron chi connectivity index (χ0n) is 14.3. The Bertz CT molecular complexity index is 574. The first-order valence-corrected chi connectivity index (χ1v) is 8.60. The predicted octanol–water partition coefficient (Wildman–Crippen LogP) is 0.999. The van der Waals surface area contributed by atoms with Crippen molar-refractivity contribution in [3.8, 4) is 0 Å². The summed E-state index contributed by atoms with van der Waals surface area (Å²) in [6, 6.07) is -0.242. The van der Waals surface area contributed by atoms with Gasteiger partial charge in [0, 0.05) is 26.2 Å². The van der Waals surface area contributed by atoms with E-state index in [0.717, 1.165) is 45.8 Å². The van der Waals surface area contributed by atoms with Crippen molar-refractivity contribution in [1.82, 2.24) is 14.9 Å². The number of aromatic nitrogens is 2. The van der Waals surface area contributed by atoms with E-state index in [9.17, 15) is 4.79 Å². The van der Waals surface area contributed by atoms with Gasteiger partial charge in [-0.1, -0.05) is 13.8 Å². The van der Waals surface area contributed by atoms with Gasteiger partial charge in [0.05, 0.1) is 13.2 Å². The van der Waals surface area contributed by atoms with E-state index < -0.39 is 0 Å². The molecule has 24 heavy (non-hydrogen) atoms. The fraction of sp³-hybridized carbons (Fsp3) is 0.688. The Morgan fingerprint density at radius 1 is 1.38 bits per heavy atom. The molecule has 3 N–H and O–H groups in total. The van der Waals surface area contributed by atoms with Gasteiger partial charge in [-0.05, 0) is 12.3 Å². The third kappa shape index (κ3) is 4.12. The van der Waals surface area contributed by atoms with Gasteiger partial charge in [0.15, 0.2) is 11.6 Å². The van der Waals surface area contributed by atoms with Gasteiger partial charge < -0.3 is 20.7 Å². The first-order valence-electron chi connectivity index (χ1n) is 8.60. The summed E-state index contributed by atoms with van der Waals surface area (Å²) in [6.45, 7) is 9.37. The highest BCUT2D eigenvalue weighted by Gasteiger charge is 2.29. The molecule has 1 fully saturated rings. The van der Waals surface area contributed by atoms with Crippen LogP contribution < -0.4 is 16.0 Å². The number of ether oxygens (including phenoxy) is 1. The van der Waals surface area contributed by atoms with E-state index in [1.54, 1.807) is 0 Å². The minimum Gasteiger partial charge on any atom is -0.379 e. The van der Waals surface area contributed by atoms with E-state index in [2.05, 4.69) is 44.7 Å². The highest BCUT2D eigenvalue weighted by Crippen LogP contribution is 2.31. The molecule has 0 aromatic carbocycles. The van der Waals surface area contributed by atoms with Crippen LogP contribution >= 0.6 is 0 Å². The standard InChI is InChI=1S/C16H26N6O2/c1-11(2)9-12-16(23)21-13-14(18-10-19-15(13)20-12)17-3-4-22-5-7-24-8-6-22/h10-12H,3-9H2,1-2H3,(H,21,23)(H2,17,18,19,20). The Morgan fingerprint density at radius 3 is 2.92 bits per heavy atom. The van der Waals surface area contributed by atoms with Gasteiger partial charge in [0.1, 0.15) is 18.1 Å². The molecule has 3 heterocycles. The van der Waals surface area contributed by atoms with Crippen LogP contribution in [0.3, 0.4) is 0 Å². The minimum atomic E-state index is -0.242. The summed E-state index contributed by atoms with van der Waals surface area (Å²) in [7, 11) is 0. The summed E-state index contributed by atoms with van der Waals surface area (Å²) in [5.74, 6) is 1.76. The van der Waals surface area contributed by atoms with Gasteiger partial charge in [-0.2, -0.15) is 0 Å². The van der Waals surface area contributed by atoms with E-state index in [0.29, 0.717) is 23.2 Å². The lowest BCUT2D eigenvalue weighted by Gasteiger charge is -2.29. The van der Waals surface area contributed by atoms with Crippen LogP contribution in [0.2, 0.25) is 0 Å². The molecular weight excluding hydrogens is 308 g/mol. The topological polar surface area (TPSA) is 91.4 Å². The largest absolute Gasteiger partial charge is 0.379 e. The third-order valence-electron chi connectivity index (χ3n) is 4.25. The van der Waals surface area contributed by atoms with Gasteiger partial charge in [0.25, 0.3) is 0 Å². The number of nitrogens with zero attached hydrogens (tertiary/aromatic N) is 3. The zero-order chi connectivity index (χ0) is 16.9. The quantitative estimate of drug-likeness (QED) is 0.715. The molecule has 0 radical (unpaired) electrons. The lowest BCUT2D eigenvalue weighted by Crippen LogP contribution is -2.41. The lowest BCUT2D eigenvalue weighted by molar-refractivity contribution is -0.117. The van der Waals surface area contributed by atoms with E-state index in [1.165, 1.54) is 6.33 Å². The number of carbonyl (C=O) groups excluding carboxylic acids is 1.